The molecule has 0 bridgehead atoms. The summed E-state index contributed by atoms with van der Waals surface area (Å²) >= 11 is 7.61. The van der Waals surface area contributed by atoms with E-state index in [0.717, 1.165) is 30.6 Å². The fourth-order valence-corrected chi connectivity index (χ4v) is 5.30. The number of hydrogen-bond acceptors (Lipinski definition) is 7. The summed E-state index contributed by atoms with van der Waals surface area (Å²) in [6.07, 6.45) is 3.97. The Kier molecular flexibility index (Phi) is 7.15. The molecule has 1 aliphatic rings. The van der Waals surface area contributed by atoms with Crippen LogP contribution in [-0.4, -0.2) is 38.1 Å². The summed E-state index contributed by atoms with van der Waals surface area (Å²) in [5.74, 6) is 0.835. The molecular weight excluding hydrogens is 500 g/mol. The molecular formula is C25H25ClN6O3S. The van der Waals surface area contributed by atoms with Crippen LogP contribution < -0.4 is 10.2 Å². The standard InChI is InChI=1S/C25H25ClN6O3S/c1-16-8-13-20(35-16)23(25(34)27-18-5-2-3-6-18)32(19-11-9-17(26)10-12-19)22(33)15-31-24(28-29-30-31)21-7-4-14-36-21/h4,7-14,18,23H,2-3,5-6,15H2,1H3,(H,27,34)/t23-/m0/s1. The Morgan fingerprint density at radius 2 is 1.97 bits per heavy atom. The van der Waals surface area contributed by atoms with Crippen molar-refractivity contribution < 1.29 is 14.0 Å². The Morgan fingerprint density at radius 1 is 1.19 bits per heavy atom. The van der Waals surface area contributed by atoms with E-state index in [0.29, 0.717) is 28.1 Å². The molecule has 5 rings (SSSR count). The number of carbonyl (C=O) groups excluding carboxylic acids is 2. The molecule has 3 aromatic heterocycles. The first-order valence-electron chi connectivity index (χ1n) is 11.7. The van der Waals surface area contributed by atoms with Crippen molar-refractivity contribution in [1.29, 1.82) is 0 Å². The molecule has 2 amide bonds. The van der Waals surface area contributed by atoms with Crippen molar-refractivity contribution >= 4 is 40.4 Å². The Bertz CT molecular complexity index is 1330. The van der Waals surface area contributed by atoms with Crippen LogP contribution in [0.2, 0.25) is 5.02 Å². The Labute approximate surface area is 217 Å². The second kappa shape index (κ2) is 10.6. The molecule has 186 valence electrons. The molecule has 36 heavy (non-hydrogen) atoms. The lowest BCUT2D eigenvalue weighted by molar-refractivity contribution is -0.127. The number of benzene rings is 1. The number of nitrogens with zero attached hydrogens (tertiary/aromatic N) is 5. The van der Waals surface area contributed by atoms with Crippen LogP contribution in [0.15, 0.2) is 58.3 Å². The maximum atomic E-state index is 13.9. The van der Waals surface area contributed by atoms with Gasteiger partial charge in [-0.3, -0.25) is 14.5 Å². The molecule has 1 aromatic carbocycles. The van der Waals surface area contributed by atoms with E-state index in [4.69, 9.17) is 16.0 Å². The third kappa shape index (κ3) is 5.19. The largest absolute Gasteiger partial charge is 0.464 e. The normalized spacial score (nSPS) is 14.6. The van der Waals surface area contributed by atoms with Crippen LogP contribution in [-0.2, 0) is 16.1 Å². The summed E-state index contributed by atoms with van der Waals surface area (Å²) in [7, 11) is 0. The van der Waals surface area contributed by atoms with Gasteiger partial charge in [-0.25, -0.2) is 4.68 Å². The van der Waals surface area contributed by atoms with Gasteiger partial charge in [0.1, 0.15) is 18.1 Å². The highest BCUT2D eigenvalue weighted by Gasteiger charge is 2.37. The summed E-state index contributed by atoms with van der Waals surface area (Å²) in [5.41, 5.74) is 0.510. The van der Waals surface area contributed by atoms with Crippen LogP contribution >= 0.6 is 22.9 Å². The molecule has 9 nitrogen and oxygen atoms in total. The van der Waals surface area contributed by atoms with Crippen molar-refractivity contribution in [3.63, 3.8) is 0 Å². The number of rotatable bonds is 8. The van der Waals surface area contributed by atoms with Crippen LogP contribution in [0, 0.1) is 6.92 Å². The van der Waals surface area contributed by atoms with Crippen molar-refractivity contribution in [2.24, 2.45) is 0 Å². The zero-order valence-electron chi connectivity index (χ0n) is 19.6. The van der Waals surface area contributed by atoms with E-state index in [2.05, 4.69) is 20.8 Å². The van der Waals surface area contributed by atoms with Crippen molar-refractivity contribution in [3.05, 3.63) is 70.5 Å². The van der Waals surface area contributed by atoms with Gasteiger partial charge < -0.3 is 9.73 Å². The maximum absolute atomic E-state index is 13.9. The Balaban J connectivity index is 1.53. The van der Waals surface area contributed by atoms with E-state index in [1.165, 1.54) is 20.9 Å². The molecule has 1 N–H and O–H groups in total. The highest BCUT2D eigenvalue weighted by Crippen LogP contribution is 2.32. The molecule has 0 saturated heterocycles. The lowest BCUT2D eigenvalue weighted by atomic mass is 10.1. The molecule has 0 unspecified atom stereocenters. The second-order valence-electron chi connectivity index (χ2n) is 8.72. The zero-order valence-corrected chi connectivity index (χ0v) is 21.2. The van der Waals surface area contributed by atoms with E-state index in [1.54, 1.807) is 43.3 Å². The van der Waals surface area contributed by atoms with Crippen LogP contribution in [0.5, 0.6) is 0 Å². The lowest BCUT2D eigenvalue weighted by Gasteiger charge is -2.31. The predicted molar refractivity (Wildman–Crippen MR) is 137 cm³/mol. The molecule has 11 heteroatoms. The summed E-state index contributed by atoms with van der Waals surface area (Å²) in [6, 6.07) is 13.1. The van der Waals surface area contributed by atoms with Crippen molar-refractivity contribution in [2.45, 2.75) is 51.2 Å². The van der Waals surface area contributed by atoms with Gasteiger partial charge in [-0.05, 0) is 78.0 Å². The van der Waals surface area contributed by atoms with Gasteiger partial charge in [0.05, 0.1) is 4.88 Å². The van der Waals surface area contributed by atoms with Gasteiger partial charge in [0, 0.05) is 16.8 Å². The van der Waals surface area contributed by atoms with Gasteiger partial charge in [-0.1, -0.05) is 30.5 Å². The number of halogens is 1. The fraction of sp³-hybridized carbons (Fsp3) is 0.320. The minimum atomic E-state index is -1.02. The first-order chi connectivity index (χ1) is 17.5. The second-order valence-corrected chi connectivity index (χ2v) is 10.1. The summed E-state index contributed by atoms with van der Waals surface area (Å²) in [6.45, 7) is 1.63. The smallest absolute Gasteiger partial charge is 0.251 e. The van der Waals surface area contributed by atoms with Crippen molar-refractivity contribution in [1.82, 2.24) is 25.5 Å². The molecule has 1 fully saturated rings. The minimum absolute atomic E-state index is 0.0724. The number of nitrogens with one attached hydrogen (secondary N) is 1. The summed E-state index contributed by atoms with van der Waals surface area (Å²) < 4.78 is 7.34. The number of anilines is 1. The van der Waals surface area contributed by atoms with E-state index in [1.807, 2.05) is 17.5 Å². The fourth-order valence-electron chi connectivity index (χ4n) is 4.46. The third-order valence-electron chi connectivity index (χ3n) is 6.17. The van der Waals surface area contributed by atoms with Gasteiger partial charge in [-0.2, -0.15) is 0 Å². The summed E-state index contributed by atoms with van der Waals surface area (Å²) in [4.78, 5) is 29.9. The van der Waals surface area contributed by atoms with Crippen LogP contribution in [0.25, 0.3) is 10.7 Å². The molecule has 0 aliphatic heterocycles. The van der Waals surface area contributed by atoms with Crippen LogP contribution in [0.4, 0.5) is 5.69 Å². The van der Waals surface area contributed by atoms with Gasteiger partial charge in [0.15, 0.2) is 11.9 Å². The Hall–Kier alpha value is -3.50. The van der Waals surface area contributed by atoms with Crippen molar-refractivity contribution in [3.8, 4) is 10.7 Å². The molecule has 3 heterocycles. The third-order valence-corrected chi connectivity index (χ3v) is 7.29. The van der Waals surface area contributed by atoms with Gasteiger partial charge in [0.2, 0.25) is 5.91 Å². The van der Waals surface area contributed by atoms with Crippen LogP contribution in [0.1, 0.15) is 43.2 Å². The highest BCUT2D eigenvalue weighted by atomic mass is 35.5. The summed E-state index contributed by atoms with van der Waals surface area (Å²) in [5, 5.41) is 17.5. The number of furan rings is 1. The number of amides is 2. The molecule has 1 atom stereocenters. The number of hydrogen-bond donors (Lipinski definition) is 1. The first-order valence-corrected chi connectivity index (χ1v) is 13.0. The van der Waals surface area contributed by atoms with Gasteiger partial charge >= 0.3 is 0 Å². The average molecular weight is 525 g/mol. The van der Waals surface area contributed by atoms with Gasteiger partial charge in [0.25, 0.3) is 5.91 Å². The molecule has 0 spiro atoms. The minimum Gasteiger partial charge on any atom is -0.464 e. The SMILES string of the molecule is Cc1ccc([C@@H](C(=O)NC2CCCC2)N(C(=O)Cn2nnnc2-c2cccs2)c2ccc(Cl)cc2)o1. The lowest BCUT2D eigenvalue weighted by Crippen LogP contribution is -2.47. The quantitative estimate of drug-likeness (QED) is 0.355. The van der Waals surface area contributed by atoms with E-state index < -0.39 is 6.04 Å². The van der Waals surface area contributed by atoms with Crippen LogP contribution in [0.3, 0.4) is 0 Å². The molecule has 1 aliphatic carbocycles. The number of aromatic nitrogens is 4. The molecule has 4 aromatic rings. The Morgan fingerprint density at radius 3 is 2.64 bits per heavy atom. The van der Waals surface area contributed by atoms with Gasteiger partial charge in [-0.15, -0.1) is 16.4 Å². The predicted octanol–water partition coefficient (Wildman–Crippen LogP) is 4.79. The highest BCUT2D eigenvalue weighted by molar-refractivity contribution is 7.13. The number of thiophene rings is 1. The monoisotopic (exact) mass is 524 g/mol. The zero-order chi connectivity index (χ0) is 25.1. The first kappa shape index (κ1) is 24.2. The van der Waals surface area contributed by atoms with E-state index in [-0.39, 0.29) is 24.4 Å². The number of aryl methyl sites for hydroxylation is 1. The molecule has 0 radical (unpaired) electrons. The number of carbonyl (C=O) groups is 2. The average Bonchev–Trinajstić information content (AvgIpc) is 3.66. The topological polar surface area (TPSA) is 106 Å². The van der Waals surface area contributed by atoms with Crippen molar-refractivity contribution in [2.75, 3.05) is 4.90 Å². The maximum Gasteiger partial charge on any atom is 0.251 e. The molecule has 1 saturated carbocycles. The van der Waals surface area contributed by atoms with E-state index >= 15 is 0 Å². The number of tetrazole rings is 1. The van der Waals surface area contributed by atoms with E-state index in [9.17, 15) is 9.59 Å².